The molecular weight excluding hydrogens is 648 g/mol. The highest BCUT2D eigenvalue weighted by Gasteiger charge is 2.47. The monoisotopic (exact) mass is 710 g/mol. The van der Waals surface area contributed by atoms with E-state index in [2.05, 4.69) is 6.92 Å². The van der Waals surface area contributed by atoms with E-state index in [0.717, 1.165) is 19.3 Å². The predicted octanol–water partition coefficient (Wildman–Crippen LogP) is 0.973. The van der Waals surface area contributed by atoms with Gasteiger partial charge in [-0.1, -0.05) is 84.5 Å². The van der Waals surface area contributed by atoms with E-state index in [4.69, 9.17) is 28.4 Å². The van der Waals surface area contributed by atoms with E-state index < -0.39 is 92.7 Å². The van der Waals surface area contributed by atoms with Gasteiger partial charge in [-0.15, -0.1) is 0 Å². The SMILES string of the molecule is CCCCCCCCCCCCCCC(=O)O[C@H](COC(=O)CCC)CO[C@@H]1O[C@H](CO[C@H]2O[C@H](CO)[C@H](O)[C@H](O)[C@H]2O)[C@H](O)[C@H](O)[C@H]1O. The van der Waals surface area contributed by atoms with Crippen molar-refractivity contribution in [2.75, 3.05) is 26.4 Å². The predicted molar refractivity (Wildman–Crippen MR) is 174 cm³/mol. The Balaban J connectivity index is 1.84. The minimum absolute atomic E-state index is 0.168. The Bertz CT molecular complexity index is 892. The number of hydrogen-bond acceptors (Lipinski definition) is 15. The number of aliphatic hydroxyl groups excluding tert-OH is 7. The third-order valence-corrected chi connectivity index (χ3v) is 8.81. The maximum Gasteiger partial charge on any atom is 0.306 e. The molecule has 0 bridgehead atoms. The Hall–Kier alpha value is -1.50. The average Bonchev–Trinajstić information content (AvgIpc) is 3.08. The Morgan fingerprint density at radius 2 is 1.08 bits per heavy atom. The molecule has 0 aromatic rings. The first-order chi connectivity index (χ1) is 23.5. The lowest BCUT2D eigenvalue weighted by Gasteiger charge is -2.42. The van der Waals surface area contributed by atoms with Crippen LogP contribution < -0.4 is 0 Å². The highest BCUT2D eigenvalue weighted by molar-refractivity contribution is 5.70. The normalized spacial score (nSPS) is 31.0. The number of carbonyl (C=O) groups excluding carboxylic acids is 2. The van der Waals surface area contributed by atoms with Gasteiger partial charge in [0.15, 0.2) is 18.7 Å². The number of unbranched alkanes of at least 4 members (excludes halogenated alkanes) is 11. The molecule has 49 heavy (non-hydrogen) atoms. The molecule has 0 aromatic carbocycles. The summed E-state index contributed by atoms with van der Waals surface area (Å²) in [6, 6.07) is 0. The highest BCUT2D eigenvalue weighted by atomic mass is 16.7. The molecule has 11 atom stereocenters. The van der Waals surface area contributed by atoms with Crippen LogP contribution in [0.1, 0.15) is 110 Å². The lowest BCUT2D eigenvalue weighted by Crippen LogP contribution is -2.61. The minimum atomic E-state index is -1.75. The molecule has 0 aliphatic carbocycles. The van der Waals surface area contributed by atoms with Gasteiger partial charge in [0.05, 0.1) is 19.8 Å². The molecule has 0 unspecified atom stereocenters. The summed E-state index contributed by atoms with van der Waals surface area (Å²) in [5, 5.41) is 71.0. The summed E-state index contributed by atoms with van der Waals surface area (Å²) < 4.78 is 32.8. The molecule has 15 nitrogen and oxygen atoms in total. The van der Waals surface area contributed by atoms with Gasteiger partial charge in [0.2, 0.25) is 0 Å². The Kier molecular flexibility index (Phi) is 22.0. The summed E-state index contributed by atoms with van der Waals surface area (Å²) >= 11 is 0. The van der Waals surface area contributed by atoms with Crippen LogP contribution in [0, 0.1) is 0 Å². The number of rotatable bonds is 25. The van der Waals surface area contributed by atoms with E-state index in [1.54, 1.807) is 0 Å². The number of esters is 2. The van der Waals surface area contributed by atoms with Gasteiger partial charge >= 0.3 is 11.9 Å². The topological polar surface area (TPSA) is 231 Å². The van der Waals surface area contributed by atoms with Crippen LogP contribution in [0.5, 0.6) is 0 Å². The van der Waals surface area contributed by atoms with Crippen molar-refractivity contribution in [1.82, 2.24) is 0 Å². The van der Waals surface area contributed by atoms with Gasteiger partial charge in [-0.3, -0.25) is 9.59 Å². The van der Waals surface area contributed by atoms with Crippen molar-refractivity contribution >= 4 is 11.9 Å². The van der Waals surface area contributed by atoms with Gasteiger partial charge in [-0.25, -0.2) is 0 Å². The Morgan fingerprint density at radius 3 is 1.63 bits per heavy atom. The maximum atomic E-state index is 12.6. The van der Waals surface area contributed by atoms with E-state index in [1.165, 1.54) is 51.4 Å². The highest BCUT2D eigenvalue weighted by Crippen LogP contribution is 2.26. The van der Waals surface area contributed by atoms with Crippen LogP contribution in [-0.2, 0) is 38.0 Å². The number of ether oxygens (including phenoxy) is 6. The minimum Gasteiger partial charge on any atom is -0.462 e. The summed E-state index contributed by atoms with van der Waals surface area (Å²) in [5.41, 5.74) is 0. The van der Waals surface area contributed by atoms with Crippen LogP contribution >= 0.6 is 0 Å². The van der Waals surface area contributed by atoms with Crippen molar-refractivity contribution < 1.29 is 73.8 Å². The van der Waals surface area contributed by atoms with Crippen LogP contribution in [0.15, 0.2) is 0 Å². The van der Waals surface area contributed by atoms with E-state index in [-0.39, 0.29) is 26.1 Å². The molecule has 0 aromatic heterocycles. The number of hydrogen-bond donors (Lipinski definition) is 7. The van der Waals surface area contributed by atoms with Gasteiger partial charge in [0.25, 0.3) is 0 Å². The fraction of sp³-hybridized carbons (Fsp3) is 0.941. The molecule has 2 heterocycles. The first-order valence-corrected chi connectivity index (χ1v) is 18.1. The van der Waals surface area contributed by atoms with Gasteiger partial charge < -0.3 is 64.2 Å². The van der Waals surface area contributed by atoms with Crippen LogP contribution in [0.25, 0.3) is 0 Å². The van der Waals surface area contributed by atoms with Crippen molar-refractivity contribution in [3.05, 3.63) is 0 Å². The molecular formula is C34H62O15. The van der Waals surface area contributed by atoms with Crippen molar-refractivity contribution in [2.24, 2.45) is 0 Å². The zero-order chi connectivity index (χ0) is 36.2. The zero-order valence-corrected chi connectivity index (χ0v) is 29.2. The summed E-state index contributed by atoms with van der Waals surface area (Å²) in [5.74, 6) is -0.985. The largest absolute Gasteiger partial charge is 0.462 e. The molecule has 2 aliphatic heterocycles. The molecule has 2 fully saturated rings. The summed E-state index contributed by atoms with van der Waals surface area (Å²) in [7, 11) is 0. The molecule has 15 heteroatoms. The molecule has 0 amide bonds. The average molecular weight is 711 g/mol. The first-order valence-electron chi connectivity index (χ1n) is 18.1. The number of carbonyl (C=O) groups is 2. The van der Waals surface area contributed by atoms with Gasteiger partial charge in [-0.2, -0.15) is 0 Å². The fourth-order valence-electron chi connectivity index (χ4n) is 5.72. The molecule has 288 valence electrons. The van der Waals surface area contributed by atoms with Crippen molar-refractivity contribution in [2.45, 2.75) is 178 Å². The Morgan fingerprint density at radius 1 is 0.571 bits per heavy atom. The van der Waals surface area contributed by atoms with Crippen LogP contribution in [0.3, 0.4) is 0 Å². The standard InChI is InChI=1S/C34H62O15/c1-3-5-6-7-8-9-10-11-12-13-14-15-17-26(37)47-22(19-44-25(36)16-4-2)20-45-33-32(43)30(41)28(39)24(49-33)21-46-34-31(42)29(40)27(38)23(18-35)48-34/h22-24,27-35,38-43H,3-21H2,1-2H3/t22-,23-,24-,27+,28+,29+,30+,31-,32-,33-,34+/m1/s1. The third-order valence-electron chi connectivity index (χ3n) is 8.81. The third kappa shape index (κ3) is 15.7. The lowest BCUT2D eigenvalue weighted by atomic mass is 9.98. The maximum absolute atomic E-state index is 12.6. The van der Waals surface area contributed by atoms with Gasteiger partial charge in [0, 0.05) is 12.8 Å². The van der Waals surface area contributed by atoms with Crippen molar-refractivity contribution in [1.29, 1.82) is 0 Å². The summed E-state index contributed by atoms with van der Waals surface area (Å²) in [4.78, 5) is 24.6. The Labute approximate surface area is 289 Å². The molecule has 2 rings (SSSR count). The van der Waals surface area contributed by atoms with Gasteiger partial charge in [-0.05, 0) is 12.8 Å². The molecule has 0 spiro atoms. The van der Waals surface area contributed by atoms with Gasteiger partial charge in [0.1, 0.15) is 55.4 Å². The van der Waals surface area contributed by atoms with Crippen LogP contribution in [0.2, 0.25) is 0 Å². The van der Waals surface area contributed by atoms with E-state index in [0.29, 0.717) is 12.8 Å². The molecule has 0 radical (unpaired) electrons. The summed E-state index contributed by atoms with van der Waals surface area (Å²) in [6.45, 7) is 2.14. The van der Waals surface area contributed by atoms with E-state index in [9.17, 15) is 45.3 Å². The number of aliphatic hydroxyl groups is 7. The molecule has 0 saturated carbocycles. The van der Waals surface area contributed by atoms with Crippen molar-refractivity contribution in [3.8, 4) is 0 Å². The second-order valence-corrected chi connectivity index (χ2v) is 13.1. The second-order valence-electron chi connectivity index (χ2n) is 13.1. The van der Waals surface area contributed by atoms with E-state index in [1.807, 2.05) is 6.92 Å². The first kappa shape index (κ1) is 43.7. The van der Waals surface area contributed by atoms with E-state index >= 15 is 0 Å². The zero-order valence-electron chi connectivity index (χ0n) is 29.2. The lowest BCUT2D eigenvalue weighted by molar-refractivity contribution is -0.332. The smallest absolute Gasteiger partial charge is 0.306 e. The van der Waals surface area contributed by atoms with Crippen LogP contribution in [-0.4, -0.2) is 142 Å². The quantitative estimate of drug-likeness (QED) is 0.0517. The molecule has 2 aliphatic rings. The molecule has 2 saturated heterocycles. The summed E-state index contributed by atoms with van der Waals surface area (Å²) in [6.07, 6.45) is -2.08. The van der Waals surface area contributed by atoms with Crippen LogP contribution in [0.4, 0.5) is 0 Å². The second kappa shape index (κ2) is 24.6. The fourth-order valence-corrected chi connectivity index (χ4v) is 5.72. The molecule has 7 N–H and O–H groups in total. The van der Waals surface area contributed by atoms with Crippen molar-refractivity contribution in [3.63, 3.8) is 0 Å².